The van der Waals surface area contributed by atoms with Gasteiger partial charge < -0.3 is 20.5 Å². The van der Waals surface area contributed by atoms with E-state index in [1.54, 1.807) is 6.07 Å². The fourth-order valence-electron chi connectivity index (χ4n) is 3.37. The molecule has 2 amide bonds. The smallest absolute Gasteiger partial charge is 0.437 e. The minimum atomic E-state index is -5.34. The highest BCUT2D eigenvalue weighted by Gasteiger charge is 2.66. The van der Waals surface area contributed by atoms with E-state index in [2.05, 4.69) is 5.32 Å². The van der Waals surface area contributed by atoms with Gasteiger partial charge in [0, 0.05) is 11.1 Å². The molecule has 2 aromatic carbocycles. The molecular weight excluding hydrogens is 413 g/mol. The van der Waals surface area contributed by atoms with Crippen molar-refractivity contribution >= 4 is 23.4 Å². The number of ketones is 1. The third-order valence-electron chi connectivity index (χ3n) is 4.68. The van der Waals surface area contributed by atoms with E-state index in [4.69, 9.17) is 16.3 Å². The molecule has 1 aliphatic heterocycles. The van der Waals surface area contributed by atoms with Gasteiger partial charge in [0.05, 0.1) is 18.2 Å². The number of carbonyl (C=O) groups excluding carboxylic acids is 2. The van der Waals surface area contributed by atoms with E-state index >= 15 is 0 Å². The molecule has 1 heterocycles. The maximum absolute atomic E-state index is 13.9. The molecule has 3 N–H and O–H groups in total. The number of aliphatic hydroxyl groups is 1. The number of urea groups is 1. The highest BCUT2D eigenvalue weighted by molar-refractivity contribution is 6.32. The van der Waals surface area contributed by atoms with Crippen LogP contribution in [0.2, 0.25) is 5.02 Å². The number of amides is 2. The number of rotatable bonds is 4. The Morgan fingerprint density at radius 1 is 1.17 bits per heavy atom. The zero-order valence-corrected chi connectivity index (χ0v) is 15.7. The second-order valence-corrected chi connectivity index (χ2v) is 6.82. The van der Waals surface area contributed by atoms with Gasteiger partial charge >= 0.3 is 12.2 Å². The van der Waals surface area contributed by atoms with Crippen molar-refractivity contribution in [2.24, 2.45) is 5.92 Å². The summed E-state index contributed by atoms with van der Waals surface area (Å²) in [6.45, 7) is 0. The van der Waals surface area contributed by atoms with Crippen LogP contribution in [0.4, 0.5) is 18.0 Å². The van der Waals surface area contributed by atoms with Crippen molar-refractivity contribution < 1.29 is 32.6 Å². The Labute approximate surface area is 168 Å². The van der Waals surface area contributed by atoms with Crippen molar-refractivity contribution in [3.8, 4) is 5.75 Å². The first-order valence-corrected chi connectivity index (χ1v) is 8.77. The van der Waals surface area contributed by atoms with Crippen LogP contribution >= 0.6 is 11.6 Å². The SMILES string of the molecule is COc1c(Cl)cccc1[C@@H]1NC(=O)N[C@@](O)(C(F)(F)F)[C@@H]1C(=O)c1ccccc1. The van der Waals surface area contributed by atoms with Crippen LogP contribution in [-0.2, 0) is 0 Å². The van der Waals surface area contributed by atoms with E-state index in [9.17, 15) is 27.9 Å². The van der Waals surface area contributed by atoms with E-state index in [-0.39, 0.29) is 21.9 Å². The van der Waals surface area contributed by atoms with E-state index in [0.29, 0.717) is 0 Å². The quantitative estimate of drug-likeness (QED) is 0.651. The number of hydrogen-bond donors (Lipinski definition) is 3. The summed E-state index contributed by atoms with van der Waals surface area (Å²) in [6, 6.07) is 8.55. The zero-order valence-electron chi connectivity index (χ0n) is 15.0. The Bertz CT molecular complexity index is 939. The third kappa shape index (κ3) is 3.63. The van der Waals surface area contributed by atoms with Crippen LogP contribution < -0.4 is 15.4 Å². The minimum Gasteiger partial charge on any atom is -0.495 e. The van der Waals surface area contributed by atoms with Gasteiger partial charge in [-0.1, -0.05) is 54.1 Å². The maximum atomic E-state index is 13.9. The molecule has 154 valence electrons. The van der Waals surface area contributed by atoms with Crippen molar-refractivity contribution in [1.29, 1.82) is 0 Å². The van der Waals surface area contributed by atoms with Gasteiger partial charge in [-0.15, -0.1) is 0 Å². The number of hydrogen-bond acceptors (Lipinski definition) is 4. The summed E-state index contributed by atoms with van der Waals surface area (Å²) in [5, 5.41) is 14.4. The second-order valence-electron chi connectivity index (χ2n) is 6.41. The van der Waals surface area contributed by atoms with Gasteiger partial charge in [0.25, 0.3) is 0 Å². The number of benzene rings is 2. The molecule has 1 fully saturated rings. The first-order valence-electron chi connectivity index (χ1n) is 8.39. The lowest BCUT2D eigenvalue weighted by Crippen LogP contribution is -2.72. The Morgan fingerprint density at radius 3 is 2.41 bits per heavy atom. The number of para-hydroxylation sites is 1. The lowest BCUT2D eigenvalue weighted by molar-refractivity contribution is -0.287. The summed E-state index contributed by atoms with van der Waals surface area (Å²) in [4.78, 5) is 25.1. The van der Waals surface area contributed by atoms with Crippen molar-refractivity contribution in [3.63, 3.8) is 0 Å². The molecule has 10 heteroatoms. The van der Waals surface area contributed by atoms with E-state index in [1.807, 2.05) is 0 Å². The van der Waals surface area contributed by atoms with Gasteiger partial charge in [-0.05, 0) is 6.07 Å². The Kier molecular flexibility index (Phi) is 5.46. The van der Waals surface area contributed by atoms with Gasteiger partial charge in [0.15, 0.2) is 5.78 Å². The van der Waals surface area contributed by atoms with Gasteiger partial charge in [-0.2, -0.15) is 13.2 Å². The molecule has 0 saturated carbocycles. The molecule has 6 nitrogen and oxygen atoms in total. The van der Waals surface area contributed by atoms with Crippen LogP contribution in [0.5, 0.6) is 5.75 Å². The number of nitrogens with one attached hydrogen (secondary N) is 2. The summed E-state index contributed by atoms with van der Waals surface area (Å²) < 4.78 is 46.8. The number of ether oxygens (including phenoxy) is 1. The highest BCUT2D eigenvalue weighted by atomic mass is 35.5. The summed E-state index contributed by atoms with van der Waals surface area (Å²) in [6.07, 6.45) is -5.34. The van der Waals surface area contributed by atoms with Crippen LogP contribution in [0, 0.1) is 5.92 Å². The molecule has 3 rings (SSSR count). The van der Waals surface area contributed by atoms with Crippen molar-refractivity contribution in [2.45, 2.75) is 17.9 Å². The van der Waals surface area contributed by atoms with Crippen molar-refractivity contribution in [2.75, 3.05) is 7.11 Å². The predicted molar refractivity (Wildman–Crippen MR) is 97.7 cm³/mol. The topological polar surface area (TPSA) is 87.7 Å². The fourth-order valence-corrected chi connectivity index (χ4v) is 3.63. The number of halogens is 4. The standard InChI is InChI=1S/C19H16ClF3N2O4/c1-29-16-11(8-5-9-12(16)20)14-13(15(26)10-6-3-2-4-7-10)18(28,19(21,22)23)25-17(27)24-14/h2-9,13-14,28H,1H3,(H2,24,25,27)/t13-,14-,18-/m0/s1. The molecule has 0 radical (unpaired) electrons. The molecule has 0 unspecified atom stereocenters. The predicted octanol–water partition coefficient (Wildman–Crippen LogP) is 3.45. The first kappa shape index (κ1) is 20.9. The Morgan fingerprint density at radius 2 is 1.83 bits per heavy atom. The average Bonchev–Trinajstić information content (AvgIpc) is 2.66. The van der Waals surface area contributed by atoms with Crippen molar-refractivity contribution in [3.05, 3.63) is 64.7 Å². The normalized spacial score (nSPS) is 24.4. The second kappa shape index (κ2) is 7.57. The molecule has 0 spiro atoms. The average molecular weight is 429 g/mol. The number of carbonyl (C=O) groups is 2. The highest BCUT2D eigenvalue weighted by Crippen LogP contribution is 2.46. The molecule has 1 aliphatic rings. The molecule has 1 saturated heterocycles. The lowest BCUT2D eigenvalue weighted by Gasteiger charge is -2.45. The lowest BCUT2D eigenvalue weighted by atomic mass is 9.77. The van der Waals surface area contributed by atoms with E-state index in [0.717, 1.165) is 0 Å². The van der Waals surface area contributed by atoms with E-state index in [1.165, 1.54) is 54.9 Å². The Balaban J connectivity index is 2.23. The maximum Gasteiger partial charge on any atom is 0.437 e. The molecule has 0 aliphatic carbocycles. The largest absolute Gasteiger partial charge is 0.495 e. The zero-order chi connectivity index (χ0) is 21.4. The molecule has 29 heavy (non-hydrogen) atoms. The molecular formula is C19H16ClF3N2O4. The molecule has 2 aromatic rings. The molecule has 3 atom stereocenters. The van der Waals surface area contributed by atoms with E-state index < -0.39 is 35.7 Å². The van der Waals surface area contributed by atoms with Crippen LogP contribution in [0.1, 0.15) is 22.0 Å². The number of methoxy groups -OCH3 is 1. The fraction of sp³-hybridized carbons (Fsp3) is 0.263. The summed E-state index contributed by atoms with van der Waals surface area (Å²) in [5.41, 5.74) is -3.86. The van der Waals surface area contributed by atoms with Crippen LogP contribution in [-0.4, -0.2) is 35.9 Å². The number of alkyl halides is 3. The van der Waals surface area contributed by atoms with Gasteiger partial charge in [0.1, 0.15) is 11.7 Å². The monoisotopic (exact) mass is 428 g/mol. The molecule has 0 aromatic heterocycles. The summed E-state index contributed by atoms with van der Waals surface area (Å²) >= 11 is 6.07. The van der Waals surface area contributed by atoms with Gasteiger partial charge in [0.2, 0.25) is 5.72 Å². The van der Waals surface area contributed by atoms with Crippen LogP contribution in [0.15, 0.2) is 48.5 Å². The summed E-state index contributed by atoms with van der Waals surface area (Å²) in [5.74, 6) is -3.20. The van der Waals surface area contributed by atoms with Crippen molar-refractivity contribution in [1.82, 2.24) is 10.6 Å². The minimum absolute atomic E-state index is 0.0169. The molecule has 0 bridgehead atoms. The van der Waals surface area contributed by atoms with Crippen LogP contribution in [0.3, 0.4) is 0 Å². The first-order chi connectivity index (χ1) is 13.6. The number of Topliss-reactive ketones (excluding diaryl/α,β-unsaturated/α-hetero) is 1. The Hall–Kier alpha value is -2.78. The van der Waals surface area contributed by atoms with Crippen LogP contribution in [0.25, 0.3) is 0 Å². The van der Waals surface area contributed by atoms with Gasteiger partial charge in [-0.25, -0.2) is 4.79 Å². The van der Waals surface area contributed by atoms with Gasteiger partial charge in [-0.3, -0.25) is 4.79 Å². The third-order valence-corrected chi connectivity index (χ3v) is 4.98. The summed E-state index contributed by atoms with van der Waals surface area (Å²) in [7, 11) is 1.25.